The highest BCUT2D eigenvalue weighted by Crippen LogP contribution is 2.19. The predicted octanol–water partition coefficient (Wildman–Crippen LogP) is 3.44. The number of piperidine rings is 1. The number of likely N-dealkylation sites (tertiary alicyclic amines) is 1. The number of rotatable bonds is 5. The van der Waals surface area contributed by atoms with Crippen LogP contribution in [0, 0.1) is 5.92 Å². The van der Waals surface area contributed by atoms with Crippen LogP contribution in [0.3, 0.4) is 0 Å². The van der Waals surface area contributed by atoms with Crippen molar-refractivity contribution in [1.82, 2.24) is 15.2 Å². The minimum atomic E-state index is -0.416. The second kappa shape index (κ2) is 8.11. The van der Waals surface area contributed by atoms with Crippen molar-refractivity contribution in [3.8, 4) is 0 Å². The van der Waals surface area contributed by atoms with Crippen molar-refractivity contribution in [1.29, 1.82) is 0 Å². The lowest BCUT2D eigenvalue weighted by Gasteiger charge is -2.33. The van der Waals surface area contributed by atoms with Gasteiger partial charge in [-0.3, -0.25) is 0 Å². The number of hydrogen-bond acceptors (Lipinski definition) is 5. The standard InChI is InChI=1S/C17H29N3O2S/c1-5-14-11-19-15(23-14)12-18-10-13-6-8-20(9-7-13)16(21)22-17(2,3)4/h11,13,18H,5-10,12H2,1-4H3. The van der Waals surface area contributed by atoms with Crippen LogP contribution in [0.25, 0.3) is 0 Å². The summed E-state index contributed by atoms with van der Waals surface area (Å²) in [7, 11) is 0. The Labute approximate surface area is 143 Å². The largest absolute Gasteiger partial charge is 0.444 e. The third-order valence-electron chi connectivity index (χ3n) is 3.93. The molecule has 0 spiro atoms. The van der Waals surface area contributed by atoms with E-state index in [9.17, 15) is 4.79 Å². The van der Waals surface area contributed by atoms with Crippen LogP contribution >= 0.6 is 11.3 Å². The first-order valence-corrected chi connectivity index (χ1v) is 9.31. The zero-order valence-corrected chi connectivity index (χ0v) is 15.5. The van der Waals surface area contributed by atoms with E-state index in [0.29, 0.717) is 5.92 Å². The van der Waals surface area contributed by atoms with Crippen molar-refractivity contribution in [2.45, 2.75) is 59.1 Å². The average molecular weight is 340 g/mol. The highest BCUT2D eigenvalue weighted by atomic mass is 32.1. The Hall–Kier alpha value is -1.14. The van der Waals surface area contributed by atoms with Crippen LogP contribution in [0.2, 0.25) is 0 Å². The molecule has 6 heteroatoms. The Morgan fingerprint density at radius 3 is 2.70 bits per heavy atom. The number of hydrogen-bond donors (Lipinski definition) is 1. The van der Waals surface area contributed by atoms with Crippen molar-refractivity contribution in [3.63, 3.8) is 0 Å². The summed E-state index contributed by atoms with van der Waals surface area (Å²) in [6, 6.07) is 0. The molecule has 1 aliphatic heterocycles. The zero-order valence-electron chi connectivity index (χ0n) is 14.7. The maximum absolute atomic E-state index is 12.0. The summed E-state index contributed by atoms with van der Waals surface area (Å²) in [5.41, 5.74) is -0.416. The molecule has 1 aliphatic rings. The molecule has 1 saturated heterocycles. The molecule has 0 aliphatic carbocycles. The second-order valence-electron chi connectivity index (χ2n) is 7.12. The summed E-state index contributed by atoms with van der Waals surface area (Å²) >= 11 is 1.79. The highest BCUT2D eigenvalue weighted by molar-refractivity contribution is 7.11. The van der Waals surface area contributed by atoms with E-state index in [1.165, 1.54) is 4.88 Å². The number of amides is 1. The van der Waals surface area contributed by atoms with Crippen LogP contribution < -0.4 is 5.32 Å². The van der Waals surface area contributed by atoms with E-state index in [-0.39, 0.29) is 6.09 Å². The Bertz CT molecular complexity index is 502. The molecule has 1 aromatic rings. The monoisotopic (exact) mass is 339 g/mol. The zero-order chi connectivity index (χ0) is 16.9. The van der Waals surface area contributed by atoms with Crippen LogP contribution in [0.15, 0.2) is 6.20 Å². The predicted molar refractivity (Wildman–Crippen MR) is 93.7 cm³/mol. The van der Waals surface area contributed by atoms with Gasteiger partial charge in [0.25, 0.3) is 0 Å². The Morgan fingerprint density at radius 2 is 2.13 bits per heavy atom. The normalized spacial score (nSPS) is 16.6. The molecule has 0 radical (unpaired) electrons. The fraction of sp³-hybridized carbons (Fsp3) is 0.765. The lowest BCUT2D eigenvalue weighted by Crippen LogP contribution is -2.43. The van der Waals surface area contributed by atoms with Crippen LogP contribution in [-0.4, -0.2) is 41.2 Å². The van der Waals surface area contributed by atoms with Gasteiger partial charge in [0, 0.05) is 30.7 Å². The van der Waals surface area contributed by atoms with Gasteiger partial charge < -0.3 is 15.0 Å². The average Bonchev–Trinajstić information content (AvgIpc) is 2.94. The maximum atomic E-state index is 12.0. The lowest BCUT2D eigenvalue weighted by molar-refractivity contribution is 0.0184. The molecule has 1 aromatic heterocycles. The first kappa shape index (κ1) is 18.2. The molecule has 1 amide bonds. The van der Waals surface area contributed by atoms with E-state index in [4.69, 9.17) is 4.74 Å². The van der Waals surface area contributed by atoms with E-state index in [0.717, 1.165) is 50.4 Å². The fourth-order valence-electron chi connectivity index (χ4n) is 2.62. The maximum Gasteiger partial charge on any atom is 0.410 e. The number of aryl methyl sites for hydroxylation is 1. The number of nitrogens with one attached hydrogen (secondary N) is 1. The molecule has 0 saturated carbocycles. The van der Waals surface area contributed by atoms with E-state index in [1.807, 2.05) is 31.9 Å². The van der Waals surface area contributed by atoms with Crippen LogP contribution in [0.4, 0.5) is 4.79 Å². The molecule has 130 valence electrons. The molecule has 5 nitrogen and oxygen atoms in total. The summed E-state index contributed by atoms with van der Waals surface area (Å²) in [6.07, 6.45) is 4.91. The first-order chi connectivity index (χ1) is 10.9. The summed E-state index contributed by atoms with van der Waals surface area (Å²) in [5.74, 6) is 0.624. The van der Waals surface area contributed by atoms with Crippen molar-refractivity contribution in [3.05, 3.63) is 16.1 Å². The van der Waals surface area contributed by atoms with Gasteiger partial charge in [-0.1, -0.05) is 6.92 Å². The molecule has 2 heterocycles. The summed E-state index contributed by atoms with van der Waals surface area (Å²) in [5, 5.41) is 4.66. The van der Waals surface area contributed by atoms with E-state index in [2.05, 4.69) is 17.2 Å². The topological polar surface area (TPSA) is 54.5 Å². The van der Waals surface area contributed by atoms with Gasteiger partial charge in [-0.2, -0.15) is 0 Å². The number of ether oxygens (including phenoxy) is 1. The number of aromatic nitrogens is 1. The van der Waals surface area contributed by atoms with Gasteiger partial charge in [-0.15, -0.1) is 11.3 Å². The van der Waals surface area contributed by atoms with Gasteiger partial charge >= 0.3 is 6.09 Å². The third-order valence-corrected chi connectivity index (χ3v) is 5.07. The van der Waals surface area contributed by atoms with Gasteiger partial charge in [-0.25, -0.2) is 9.78 Å². The minimum Gasteiger partial charge on any atom is -0.444 e. The lowest BCUT2D eigenvalue weighted by atomic mass is 9.97. The van der Waals surface area contributed by atoms with Crippen molar-refractivity contribution >= 4 is 17.4 Å². The van der Waals surface area contributed by atoms with Gasteiger partial charge in [0.1, 0.15) is 10.6 Å². The number of carbonyl (C=O) groups excluding carboxylic acids is 1. The molecule has 1 fully saturated rings. The van der Waals surface area contributed by atoms with Gasteiger partial charge in [0.15, 0.2) is 0 Å². The Morgan fingerprint density at radius 1 is 1.43 bits per heavy atom. The molecule has 0 atom stereocenters. The van der Waals surface area contributed by atoms with Gasteiger partial charge in [0.05, 0.1) is 0 Å². The minimum absolute atomic E-state index is 0.182. The van der Waals surface area contributed by atoms with Gasteiger partial charge in [0.2, 0.25) is 0 Å². The Kier molecular flexibility index (Phi) is 6.41. The summed E-state index contributed by atoms with van der Waals surface area (Å²) in [6.45, 7) is 11.3. The summed E-state index contributed by atoms with van der Waals surface area (Å²) < 4.78 is 5.43. The molecule has 0 unspecified atom stereocenters. The molecule has 1 N–H and O–H groups in total. The number of thiazole rings is 1. The first-order valence-electron chi connectivity index (χ1n) is 8.49. The Balaban J connectivity index is 1.65. The quantitative estimate of drug-likeness (QED) is 0.893. The SMILES string of the molecule is CCc1cnc(CNCC2CCN(C(=O)OC(C)(C)C)CC2)s1. The smallest absolute Gasteiger partial charge is 0.410 e. The summed E-state index contributed by atoms with van der Waals surface area (Å²) in [4.78, 5) is 19.6. The molecule has 0 aromatic carbocycles. The van der Waals surface area contributed by atoms with E-state index < -0.39 is 5.60 Å². The number of nitrogens with zero attached hydrogens (tertiary/aromatic N) is 2. The van der Waals surface area contributed by atoms with Crippen molar-refractivity contribution in [2.75, 3.05) is 19.6 Å². The third kappa shape index (κ3) is 6.11. The van der Waals surface area contributed by atoms with Gasteiger partial charge in [-0.05, 0) is 52.5 Å². The molecular weight excluding hydrogens is 310 g/mol. The van der Waals surface area contributed by atoms with E-state index in [1.54, 1.807) is 11.3 Å². The fourth-order valence-corrected chi connectivity index (χ4v) is 3.45. The molecule has 0 bridgehead atoms. The van der Waals surface area contributed by atoms with E-state index >= 15 is 0 Å². The highest BCUT2D eigenvalue weighted by Gasteiger charge is 2.26. The number of carbonyl (C=O) groups is 1. The van der Waals surface area contributed by atoms with Crippen LogP contribution in [-0.2, 0) is 17.7 Å². The second-order valence-corrected chi connectivity index (χ2v) is 8.32. The van der Waals surface area contributed by atoms with Crippen molar-refractivity contribution in [2.24, 2.45) is 5.92 Å². The van der Waals surface area contributed by atoms with Crippen LogP contribution in [0.5, 0.6) is 0 Å². The molecule has 2 rings (SSSR count). The molecular formula is C17H29N3O2S. The van der Waals surface area contributed by atoms with Crippen molar-refractivity contribution < 1.29 is 9.53 Å². The molecule has 23 heavy (non-hydrogen) atoms. The van der Waals surface area contributed by atoms with Crippen LogP contribution in [0.1, 0.15) is 50.4 Å².